The molecule has 1 amide bonds. The average molecular weight is 378 g/mol. The van der Waals surface area contributed by atoms with Crippen LogP contribution in [0, 0.1) is 26.6 Å². The van der Waals surface area contributed by atoms with E-state index < -0.39 is 15.8 Å². The Hall–Kier alpha value is -2.41. The number of sulfonamides is 1. The second kappa shape index (κ2) is 7.86. The molecule has 140 valence electrons. The Labute approximate surface area is 153 Å². The van der Waals surface area contributed by atoms with Crippen molar-refractivity contribution in [2.75, 3.05) is 22.4 Å². The van der Waals surface area contributed by atoms with Crippen molar-refractivity contribution in [3.63, 3.8) is 0 Å². The molecule has 0 aliphatic rings. The Bertz CT molecular complexity index is 903. The largest absolute Gasteiger partial charge is 0.326 e. The third-order valence-electron chi connectivity index (χ3n) is 4.00. The van der Waals surface area contributed by atoms with E-state index in [0.717, 1.165) is 32.9 Å². The lowest BCUT2D eigenvalue weighted by Crippen LogP contribution is -2.33. The number of para-hydroxylation sites is 1. The fraction of sp³-hybridized carbons (Fsp3) is 0.316. The number of carbonyl (C=O) groups excluding carboxylic acids is 1. The number of benzene rings is 2. The van der Waals surface area contributed by atoms with E-state index in [-0.39, 0.29) is 24.6 Å². The number of amides is 1. The number of hydrogen-bond acceptors (Lipinski definition) is 3. The van der Waals surface area contributed by atoms with Crippen LogP contribution < -0.4 is 9.62 Å². The summed E-state index contributed by atoms with van der Waals surface area (Å²) in [6.45, 7) is 5.63. The Morgan fingerprint density at radius 1 is 1.12 bits per heavy atom. The summed E-state index contributed by atoms with van der Waals surface area (Å²) >= 11 is 0. The summed E-state index contributed by atoms with van der Waals surface area (Å²) in [4.78, 5) is 12.3. The molecule has 0 atom stereocenters. The van der Waals surface area contributed by atoms with Crippen molar-refractivity contribution in [1.29, 1.82) is 0 Å². The molecular weight excluding hydrogens is 355 g/mol. The zero-order chi connectivity index (χ0) is 19.5. The lowest BCUT2D eigenvalue weighted by molar-refractivity contribution is -0.116. The van der Waals surface area contributed by atoms with E-state index in [1.54, 1.807) is 6.07 Å². The van der Waals surface area contributed by atoms with Gasteiger partial charge in [-0.15, -0.1) is 0 Å². The molecule has 1 N–H and O–H groups in total. The number of carbonyl (C=O) groups is 1. The molecule has 0 aliphatic heterocycles. The monoisotopic (exact) mass is 378 g/mol. The van der Waals surface area contributed by atoms with E-state index in [1.165, 1.54) is 18.2 Å². The maximum atomic E-state index is 14.0. The smallest absolute Gasteiger partial charge is 0.232 e. The molecule has 2 rings (SSSR count). The molecule has 0 aliphatic carbocycles. The predicted molar refractivity (Wildman–Crippen MR) is 102 cm³/mol. The van der Waals surface area contributed by atoms with E-state index >= 15 is 0 Å². The third kappa shape index (κ3) is 4.82. The zero-order valence-electron chi connectivity index (χ0n) is 15.3. The molecule has 0 fully saturated rings. The lowest BCUT2D eigenvalue weighted by Gasteiger charge is -2.22. The van der Waals surface area contributed by atoms with E-state index in [1.807, 2.05) is 32.9 Å². The summed E-state index contributed by atoms with van der Waals surface area (Å²) in [6.07, 6.45) is 0.903. The summed E-state index contributed by atoms with van der Waals surface area (Å²) in [5, 5.41) is 2.82. The molecule has 0 saturated carbocycles. The number of nitrogens with zero attached hydrogens (tertiary/aromatic N) is 1. The molecule has 0 spiro atoms. The molecule has 7 heteroatoms. The minimum atomic E-state index is -3.72. The van der Waals surface area contributed by atoms with Gasteiger partial charge in [0.15, 0.2) is 0 Å². The molecule has 0 heterocycles. The molecule has 0 aromatic heterocycles. The van der Waals surface area contributed by atoms with Crippen LogP contribution in [0.2, 0.25) is 0 Å². The fourth-order valence-electron chi connectivity index (χ4n) is 2.90. The van der Waals surface area contributed by atoms with Crippen LogP contribution in [0.25, 0.3) is 0 Å². The van der Waals surface area contributed by atoms with Crippen LogP contribution in [0.3, 0.4) is 0 Å². The standard InChI is InChI=1S/C19H23FN2O3S/c1-13-11-14(2)19(15(3)12-13)21-18(23)9-10-22(26(4,24)25)17-8-6-5-7-16(17)20/h5-8,11-12H,9-10H2,1-4H3,(H,21,23). The first-order chi connectivity index (χ1) is 12.1. The molecule has 0 saturated heterocycles. The van der Waals surface area contributed by atoms with Crippen LogP contribution in [0.1, 0.15) is 23.1 Å². The van der Waals surface area contributed by atoms with E-state index in [9.17, 15) is 17.6 Å². The van der Waals surface area contributed by atoms with Crippen LogP contribution in [0.4, 0.5) is 15.8 Å². The number of aryl methyl sites for hydroxylation is 3. The summed E-state index contributed by atoms with van der Waals surface area (Å²) in [5.74, 6) is -0.978. The Balaban J connectivity index is 2.15. The molecule has 0 radical (unpaired) electrons. The van der Waals surface area contributed by atoms with Gasteiger partial charge in [-0.1, -0.05) is 29.8 Å². The van der Waals surface area contributed by atoms with Gasteiger partial charge in [0.2, 0.25) is 15.9 Å². The van der Waals surface area contributed by atoms with Crippen molar-refractivity contribution in [1.82, 2.24) is 0 Å². The van der Waals surface area contributed by atoms with E-state index in [0.29, 0.717) is 0 Å². The average Bonchev–Trinajstić information content (AvgIpc) is 2.51. The van der Waals surface area contributed by atoms with Crippen molar-refractivity contribution < 1.29 is 17.6 Å². The van der Waals surface area contributed by atoms with Crippen LogP contribution in [-0.2, 0) is 14.8 Å². The summed E-state index contributed by atoms with van der Waals surface area (Å²) < 4.78 is 38.9. The second-order valence-electron chi connectivity index (χ2n) is 6.36. The molecule has 0 bridgehead atoms. The molecule has 2 aromatic rings. The van der Waals surface area contributed by atoms with E-state index in [2.05, 4.69) is 5.32 Å². The van der Waals surface area contributed by atoms with Gasteiger partial charge in [0, 0.05) is 18.7 Å². The second-order valence-corrected chi connectivity index (χ2v) is 8.27. The van der Waals surface area contributed by atoms with Crippen molar-refractivity contribution in [2.45, 2.75) is 27.2 Å². The number of anilines is 2. The quantitative estimate of drug-likeness (QED) is 0.836. The van der Waals surface area contributed by atoms with Crippen molar-refractivity contribution in [3.8, 4) is 0 Å². The highest BCUT2D eigenvalue weighted by atomic mass is 32.2. The fourth-order valence-corrected chi connectivity index (χ4v) is 3.83. The van der Waals surface area contributed by atoms with Crippen LogP contribution in [0.15, 0.2) is 36.4 Å². The Morgan fingerprint density at radius 3 is 2.23 bits per heavy atom. The summed E-state index contributed by atoms with van der Waals surface area (Å²) in [5.41, 5.74) is 3.62. The van der Waals surface area contributed by atoms with Gasteiger partial charge in [0.25, 0.3) is 0 Å². The molecule has 26 heavy (non-hydrogen) atoms. The number of rotatable bonds is 6. The van der Waals surface area contributed by atoms with Gasteiger partial charge in [-0.2, -0.15) is 0 Å². The lowest BCUT2D eigenvalue weighted by atomic mass is 10.1. The molecular formula is C19H23FN2O3S. The van der Waals surface area contributed by atoms with Gasteiger partial charge in [0.05, 0.1) is 11.9 Å². The highest BCUT2D eigenvalue weighted by Crippen LogP contribution is 2.24. The first kappa shape index (κ1) is 19.9. The maximum Gasteiger partial charge on any atom is 0.232 e. The molecule has 2 aromatic carbocycles. The predicted octanol–water partition coefficient (Wildman–Crippen LogP) is 3.55. The first-order valence-electron chi connectivity index (χ1n) is 8.19. The van der Waals surface area contributed by atoms with Gasteiger partial charge < -0.3 is 5.32 Å². The number of hydrogen-bond donors (Lipinski definition) is 1. The number of halogens is 1. The van der Waals surface area contributed by atoms with Crippen molar-refractivity contribution >= 4 is 27.3 Å². The first-order valence-corrected chi connectivity index (χ1v) is 10.0. The summed E-state index contributed by atoms with van der Waals surface area (Å²) in [7, 11) is -3.72. The minimum Gasteiger partial charge on any atom is -0.326 e. The third-order valence-corrected chi connectivity index (χ3v) is 5.18. The summed E-state index contributed by atoms with van der Waals surface area (Å²) in [6, 6.07) is 9.52. The highest BCUT2D eigenvalue weighted by Gasteiger charge is 2.21. The normalized spacial score (nSPS) is 11.3. The Morgan fingerprint density at radius 2 is 1.69 bits per heavy atom. The minimum absolute atomic E-state index is 0.0644. The molecule has 5 nitrogen and oxygen atoms in total. The topological polar surface area (TPSA) is 66.5 Å². The van der Waals surface area contributed by atoms with Gasteiger partial charge >= 0.3 is 0 Å². The van der Waals surface area contributed by atoms with Crippen LogP contribution in [-0.4, -0.2) is 27.1 Å². The maximum absolute atomic E-state index is 14.0. The van der Waals surface area contributed by atoms with Gasteiger partial charge in [-0.3, -0.25) is 9.10 Å². The van der Waals surface area contributed by atoms with Gasteiger partial charge in [0.1, 0.15) is 5.82 Å². The SMILES string of the molecule is Cc1cc(C)c(NC(=O)CCN(c2ccccc2F)S(C)(=O)=O)c(C)c1. The van der Waals surface area contributed by atoms with Crippen LogP contribution >= 0.6 is 0 Å². The number of nitrogens with one attached hydrogen (secondary N) is 1. The molecule has 0 unspecified atom stereocenters. The van der Waals surface area contributed by atoms with Gasteiger partial charge in [-0.25, -0.2) is 12.8 Å². The van der Waals surface area contributed by atoms with Crippen molar-refractivity contribution in [2.24, 2.45) is 0 Å². The highest BCUT2D eigenvalue weighted by molar-refractivity contribution is 7.92. The van der Waals surface area contributed by atoms with E-state index in [4.69, 9.17) is 0 Å². The van der Waals surface area contributed by atoms with Crippen LogP contribution in [0.5, 0.6) is 0 Å². The zero-order valence-corrected chi connectivity index (χ0v) is 16.2. The van der Waals surface area contributed by atoms with Gasteiger partial charge in [-0.05, 0) is 44.0 Å². The Kier molecular flexibility index (Phi) is 6.02. The van der Waals surface area contributed by atoms with Crippen molar-refractivity contribution in [3.05, 3.63) is 58.9 Å².